The lowest BCUT2D eigenvalue weighted by Gasteiger charge is -1.95. The normalized spacial score (nSPS) is 12.5. The Hall–Kier alpha value is -0.900. The van der Waals surface area contributed by atoms with Crippen molar-refractivity contribution in [3.05, 3.63) is 30.3 Å². The first-order valence-corrected chi connectivity index (χ1v) is 3.74. The molecule has 1 N–H and O–H groups in total. The average molecular weight is 159 g/mol. The van der Waals surface area contributed by atoms with E-state index in [9.17, 15) is 8.09 Å². The van der Waals surface area contributed by atoms with Gasteiger partial charge in [-0.2, -0.15) is 0 Å². The first-order chi connectivity index (χ1) is 4.79. The van der Waals surface area contributed by atoms with Crippen LogP contribution in [0.15, 0.2) is 30.3 Å². The van der Waals surface area contributed by atoms with Gasteiger partial charge in [0.15, 0.2) is 0 Å². The minimum absolute atomic E-state index is 0.517. The number of nitrogens with one attached hydrogen (secondary N) is 1. The third-order valence-electron chi connectivity index (χ3n) is 0.972. The van der Waals surface area contributed by atoms with Crippen LogP contribution >= 0.6 is 0 Å². The van der Waals surface area contributed by atoms with Crippen LogP contribution in [0.3, 0.4) is 0 Å². The van der Waals surface area contributed by atoms with Crippen molar-refractivity contribution in [1.29, 1.82) is 0 Å². The Morgan fingerprint density at radius 2 is 1.90 bits per heavy atom. The first-order valence-electron chi connectivity index (χ1n) is 2.69. The standard InChI is InChI=1S/C6H6FNOS/c7-10(9)8-6-4-2-1-3-5-6/h1-5,8H. The molecule has 54 valence electrons. The number of anilines is 1. The summed E-state index contributed by atoms with van der Waals surface area (Å²) in [6, 6.07) is 8.53. The molecular weight excluding hydrogens is 153 g/mol. The molecule has 1 atom stereocenters. The van der Waals surface area contributed by atoms with Gasteiger partial charge in [-0.15, -0.1) is 3.89 Å². The van der Waals surface area contributed by atoms with Crippen LogP contribution in [-0.4, -0.2) is 4.21 Å². The van der Waals surface area contributed by atoms with Crippen molar-refractivity contribution in [2.24, 2.45) is 0 Å². The van der Waals surface area contributed by atoms with Gasteiger partial charge < -0.3 is 0 Å². The summed E-state index contributed by atoms with van der Waals surface area (Å²) in [5.74, 6) is 0. The van der Waals surface area contributed by atoms with Gasteiger partial charge in [-0.05, 0) is 12.1 Å². The summed E-state index contributed by atoms with van der Waals surface area (Å²) in [5.41, 5.74) is 0.517. The molecule has 4 heteroatoms. The van der Waals surface area contributed by atoms with E-state index in [-0.39, 0.29) is 0 Å². The van der Waals surface area contributed by atoms with E-state index in [1.54, 1.807) is 30.3 Å². The Morgan fingerprint density at radius 3 is 2.40 bits per heavy atom. The van der Waals surface area contributed by atoms with Gasteiger partial charge in [0.05, 0.1) is 0 Å². The van der Waals surface area contributed by atoms with Crippen LogP contribution in [-0.2, 0) is 11.4 Å². The molecule has 10 heavy (non-hydrogen) atoms. The maximum Gasteiger partial charge on any atom is 0.301 e. The predicted octanol–water partition coefficient (Wildman–Crippen LogP) is 1.65. The van der Waals surface area contributed by atoms with Crippen molar-refractivity contribution in [2.45, 2.75) is 0 Å². The fourth-order valence-corrected chi connectivity index (χ4v) is 0.920. The second kappa shape index (κ2) is 3.31. The molecule has 0 aliphatic rings. The second-order valence-corrected chi connectivity index (χ2v) is 2.34. The second-order valence-electron chi connectivity index (χ2n) is 1.69. The Balaban J connectivity index is 2.67. The quantitative estimate of drug-likeness (QED) is 0.653. The maximum absolute atomic E-state index is 11.7. The summed E-state index contributed by atoms with van der Waals surface area (Å²) in [7, 11) is 0. The van der Waals surface area contributed by atoms with Gasteiger partial charge in [-0.25, -0.2) is 4.21 Å². The predicted molar refractivity (Wildman–Crippen MR) is 39.3 cm³/mol. The van der Waals surface area contributed by atoms with Gasteiger partial charge in [-0.1, -0.05) is 18.2 Å². The summed E-state index contributed by atoms with van der Waals surface area (Å²) in [6.45, 7) is 0. The van der Waals surface area contributed by atoms with Crippen LogP contribution in [0.1, 0.15) is 0 Å². The van der Waals surface area contributed by atoms with Gasteiger partial charge in [0.25, 0.3) is 0 Å². The molecule has 1 aromatic carbocycles. The van der Waals surface area contributed by atoms with Gasteiger partial charge >= 0.3 is 11.4 Å². The zero-order valence-electron chi connectivity index (χ0n) is 5.08. The van der Waals surface area contributed by atoms with Crippen LogP contribution in [0.4, 0.5) is 9.57 Å². The highest BCUT2D eigenvalue weighted by Gasteiger charge is 1.92. The lowest BCUT2D eigenvalue weighted by atomic mass is 10.3. The van der Waals surface area contributed by atoms with E-state index >= 15 is 0 Å². The SMILES string of the molecule is O=S(F)Nc1ccccc1. The van der Waals surface area contributed by atoms with Crippen molar-refractivity contribution < 1.29 is 8.09 Å². The van der Waals surface area contributed by atoms with E-state index < -0.39 is 11.4 Å². The largest absolute Gasteiger partial charge is 0.301 e. The highest BCUT2D eigenvalue weighted by Crippen LogP contribution is 2.05. The molecule has 0 amide bonds. The van der Waals surface area contributed by atoms with Gasteiger partial charge in [0.1, 0.15) is 0 Å². The Labute approximate surface area is 61.0 Å². The summed E-state index contributed by atoms with van der Waals surface area (Å²) >= 11 is -2.47. The molecule has 0 aromatic heterocycles. The molecule has 1 rings (SSSR count). The van der Waals surface area contributed by atoms with Crippen molar-refractivity contribution in [2.75, 3.05) is 4.72 Å². The first kappa shape index (κ1) is 7.21. The number of benzene rings is 1. The molecule has 0 aliphatic carbocycles. The smallest absolute Gasteiger partial charge is 0.279 e. The van der Waals surface area contributed by atoms with E-state index in [1.165, 1.54) is 0 Å². The molecule has 0 fully saturated rings. The molecule has 0 saturated heterocycles. The van der Waals surface area contributed by atoms with Crippen molar-refractivity contribution in [3.63, 3.8) is 0 Å². The fourth-order valence-electron chi connectivity index (χ4n) is 0.599. The topological polar surface area (TPSA) is 29.1 Å². The highest BCUT2D eigenvalue weighted by atomic mass is 32.2. The Bertz CT molecular complexity index is 226. The summed E-state index contributed by atoms with van der Waals surface area (Å²) in [4.78, 5) is 0. The van der Waals surface area contributed by atoms with Crippen LogP contribution in [0.5, 0.6) is 0 Å². The van der Waals surface area contributed by atoms with Crippen LogP contribution < -0.4 is 4.72 Å². The van der Waals surface area contributed by atoms with Gasteiger partial charge in [-0.3, -0.25) is 4.72 Å². The molecule has 1 aromatic rings. The number of halogens is 1. The molecule has 0 heterocycles. The van der Waals surface area contributed by atoms with Crippen molar-refractivity contribution in [1.82, 2.24) is 0 Å². The maximum atomic E-state index is 11.7. The number of para-hydroxylation sites is 1. The molecule has 0 spiro atoms. The van der Waals surface area contributed by atoms with Crippen molar-refractivity contribution >= 4 is 17.1 Å². The number of hydrogen-bond donors (Lipinski definition) is 1. The lowest BCUT2D eigenvalue weighted by Crippen LogP contribution is -1.95. The fraction of sp³-hybridized carbons (Fsp3) is 0. The van der Waals surface area contributed by atoms with E-state index in [1.807, 2.05) is 0 Å². The lowest BCUT2D eigenvalue weighted by molar-refractivity contribution is 0.654. The third-order valence-corrected chi connectivity index (χ3v) is 1.37. The van der Waals surface area contributed by atoms with E-state index in [0.29, 0.717) is 5.69 Å². The van der Waals surface area contributed by atoms with E-state index in [4.69, 9.17) is 0 Å². The number of rotatable bonds is 2. The zero-order chi connectivity index (χ0) is 7.40. The Kier molecular flexibility index (Phi) is 2.39. The van der Waals surface area contributed by atoms with Crippen LogP contribution in [0.25, 0.3) is 0 Å². The molecule has 0 saturated carbocycles. The summed E-state index contributed by atoms with van der Waals surface area (Å²) < 4.78 is 23.8. The monoisotopic (exact) mass is 159 g/mol. The minimum atomic E-state index is -2.47. The van der Waals surface area contributed by atoms with Crippen molar-refractivity contribution in [3.8, 4) is 0 Å². The van der Waals surface area contributed by atoms with Crippen LogP contribution in [0.2, 0.25) is 0 Å². The molecule has 2 nitrogen and oxygen atoms in total. The van der Waals surface area contributed by atoms with Gasteiger partial charge in [0, 0.05) is 5.69 Å². The average Bonchev–Trinajstić information content (AvgIpc) is 1.88. The van der Waals surface area contributed by atoms with E-state index in [0.717, 1.165) is 0 Å². The molecule has 0 radical (unpaired) electrons. The molecular formula is C6H6FNOS. The Morgan fingerprint density at radius 1 is 1.30 bits per heavy atom. The summed E-state index contributed by atoms with van der Waals surface area (Å²) in [5, 5.41) is 0. The zero-order valence-corrected chi connectivity index (χ0v) is 5.90. The number of hydrogen-bond acceptors (Lipinski definition) is 1. The molecule has 1 unspecified atom stereocenters. The molecule has 0 aliphatic heterocycles. The minimum Gasteiger partial charge on any atom is -0.279 e. The third kappa shape index (κ3) is 2.14. The highest BCUT2D eigenvalue weighted by molar-refractivity contribution is 7.81. The summed E-state index contributed by atoms with van der Waals surface area (Å²) in [6.07, 6.45) is 0. The van der Waals surface area contributed by atoms with Crippen LogP contribution in [0, 0.1) is 0 Å². The molecule has 0 bridgehead atoms. The van der Waals surface area contributed by atoms with Gasteiger partial charge in [0.2, 0.25) is 0 Å². The van der Waals surface area contributed by atoms with E-state index in [2.05, 4.69) is 4.72 Å².